The molecule has 58 valence electrons. The maximum Gasteiger partial charge on any atom is 0.162 e. The zero-order chi connectivity index (χ0) is 7.78. The summed E-state index contributed by atoms with van der Waals surface area (Å²) in [5.41, 5.74) is -1.06. The van der Waals surface area contributed by atoms with E-state index in [2.05, 4.69) is 5.32 Å². The molecule has 0 aromatic rings. The Morgan fingerprint density at radius 2 is 2.40 bits per heavy atom. The normalized spacial score (nSPS) is 38.9. The molecule has 0 amide bonds. The van der Waals surface area contributed by atoms with Crippen LogP contribution in [0.3, 0.4) is 0 Å². The highest BCUT2D eigenvalue weighted by Gasteiger charge is 2.48. The quantitative estimate of drug-likeness (QED) is 0.557. The molecule has 1 aliphatic rings. The topological polar surface area (TPSA) is 49.3 Å². The maximum atomic E-state index is 10.8. The Hall–Kier alpha value is -0.410. The third-order valence-corrected chi connectivity index (χ3v) is 2.35. The smallest absolute Gasteiger partial charge is 0.162 e. The fourth-order valence-electron chi connectivity index (χ4n) is 1.37. The van der Waals surface area contributed by atoms with Crippen LogP contribution in [-0.4, -0.2) is 29.6 Å². The zero-order valence-electron chi connectivity index (χ0n) is 6.35. The summed E-state index contributed by atoms with van der Waals surface area (Å²) in [4.78, 5) is 10.8. The summed E-state index contributed by atoms with van der Waals surface area (Å²) in [6.07, 6.45) is 1.50. The molecule has 0 saturated heterocycles. The van der Waals surface area contributed by atoms with Crippen molar-refractivity contribution in [2.24, 2.45) is 0 Å². The van der Waals surface area contributed by atoms with Gasteiger partial charge in [0.25, 0.3) is 0 Å². The standard InChI is InChI=1S/C7H13NO2/c1-5(9)7(10)4-3-6(7)8-2/h6,8,10H,3-4H2,1-2H3. The molecule has 0 radical (unpaired) electrons. The van der Waals surface area contributed by atoms with Crippen LogP contribution in [0.2, 0.25) is 0 Å². The van der Waals surface area contributed by atoms with E-state index >= 15 is 0 Å². The highest BCUT2D eigenvalue weighted by Crippen LogP contribution is 2.32. The summed E-state index contributed by atoms with van der Waals surface area (Å²) >= 11 is 0. The number of ketones is 1. The Balaban J connectivity index is 2.61. The molecule has 10 heavy (non-hydrogen) atoms. The van der Waals surface area contributed by atoms with Gasteiger partial charge >= 0.3 is 0 Å². The summed E-state index contributed by atoms with van der Waals surface area (Å²) in [5.74, 6) is -0.127. The van der Waals surface area contributed by atoms with Crippen LogP contribution in [0.1, 0.15) is 19.8 Å². The average molecular weight is 143 g/mol. The molecule has 2 atom stereocenters. The van der Waals surface area contributed by atoms with Gasteiger partial charge in [0.05, 0.1) is 0 Å². The summed E-state index contributed by atoms with van der Waals surface area (Å²) in [5, 5.41) is 12.4. The number of nitrogens with one attached hydrogen (secondary N) is 1. The van der Waals surface area contributed by atoms with E-state index in [1.165, 1.54) is 6.92 Å². The van der Waals surface area contributed by atoms with Crippen molar-refractivity contribution in [1.82, 2.24) is 5.32 Å². The van der Waals surface area contributed by atoms with Gasteiger partial charge in [-0.15, -0.1) is 0 Å². The van der Waals surface area contributed by atoms with E-state index in [1.807, 2.05) is 0 Å². The monoisotopic (exact) mass is 143 g/mol. The van der Waals surface area contributed by atoms with E-state index in [0.29, 0.717) is 6.42 Å². The zero-order valence-corrected chi connectivity index (χ0v) is 6.35. The number of likely N-dealkylation sites (N-methyl/N-ethyl adjacent to an activating group) is 1. The Morgan fingerprint density at radius 1 is 1.80 bits per heavy atom. The Morgan fingerprint density at radius 3 is 2.50 bits per heavy atom. The Labute approximate surface area is 60.4 Å². The number of hydrogen-bond donors (Lipinski definition) is 2. The molecule has 0 bridgehead atoms. The van der Waals surface area contributed by atoms with Gasteiger partial charge in [-0.25, -0.2) is 0 Å². The lowest BCUT2D eigenvalue weighted by Crippen LogP contribution is -2.61. The molecule has 2 unspecified atom stereocenters. The summed E-state index contributed by atoms with van der Waals surface area (Å²) in [6.45, 7) is 1.43. The maximum absolute atomic E-state index is 10.8. The summed E-state index contributed by atoms with van der Waals surface area (Å²) in [6, 6.07) is -0.0231. The van der Waals surface area contributed by atoms with Crippen molar-refractivity contribution >= 4 is 5.78 Å². The lowest BCUT2D eigenvalue weighted by atomic mass is 9.72. The minimum atomic E-state index is -1.06. The SMILES string of the molecule is CNC1CCC1(O)C(C)=O. The first kappa shape index (κ1) is 7.69. The lowest BCUT2D eigenvalue weighted by Gasteiger charge is -2.43. The molecule has 3 heteroatoms. The van der Waals surface area contributed by atoms with Crippen molar-refractivity contribution in [3.63, 3.8) is 0 Å². The summed E-state index contributed by atoms with van der Waals surface area (Å²) in [7, 11) is 1.76. The van der Waals surface area contributed by atoms with Gasteiger partial charge in [-0.1, -0.05) is 0 Å². The molecule has 2 N–H and O–H groups in total. The van der Waals surface area contributed by atoms with Crippen LogP contribution in [0.15, 0.2) is 0 Å². The van der Waals surface area contributed by atoms with Crippen LogP contribution < -0.4 is 5.32 Å². The van der Waals surface area contributed by atoms with Crippen molar-refractivity contribution < 1.29 is 9.90 Å². The minimum absolute atomic E-state index is 0.0231. The van der Waals surface area contributed by atoms with E-state index < -0.39 is 5.60 Å². The van der Waals surface area contributed by atoms with Gasteiger partial charge in [0.1, 0.15) is 5.60 Å². The van der Waals surface area contributed by atoms with Crippen LogP contribution in [0.5, 0.6) is 0 Å². The van der Waals surface area contributed by atoms with E-state index in [4.69, 9.17) is 0 Å². The highest BCUT2D eigenvalue weighted by atomic mass is 16.3. The van der Waals surface area contributed by atoms with Crippen LogP contribution in [0.25, 0.3) is 0 Å². The van der Waals surface area contributed by atoms with Gasteiger partial charge in [0.15, 0.2) is 5.78 Å². The van der Waals surface area contributed by atoms with Crippen molar-refractivity contribution in [3.8, 4) is 0 Å². The molecule has 1 aliphatic carbocycles. The Kier molecular flexibility index (Phi) is 1.79. The van der Waals surface area contributed by atoms with Crippen LogP contribution in [-0.2, 0) is 4.79 Å². The van der Waals surface area contributed by atoms with Crippen molar-refractivity contribution in [3.05, 3.63) is 0 Å². The van der Waals surface area contributed by atoms with Gasteiger partial charge in [-0.05, 0) is 26.8 Å². The van der Waals surface area contributed by atoms with Gasteiger partial charge in [-0.2, -0.15) is 0 Å². The van der Waals surface area contributed by atoms with Crippen molar-refractivity contribution in [1.29, 1.82) is 0 Å². The van der Waals surface area contributed by atoms with E-state index in [9.17, 15) is 9.90 Å². The fourth-order valence-corrected chi connectivity index (χ4v) is 1.37. The van der Waals surface area contributed by atoms with Crippen LogP contribution >= 0.6 is 0 Å². The molecular weight excluding hydrogens is 130 g/mol. The van der Waals surface area contributed by atoms with Gasteiger partial charge in [0, 0.05) is 6.04 Å². The number of carbonyl (C=O) groups excluding carboxylic acids is 1. The molecule has 1 rings (SSSR count). The predicted octanol–water partition coefficient (Wildman–Crippen LogP) is -0.312. The lowest BCUT2D eigenvalue weighted by molar-refractivity contribution is -0.148. The van der Waals surface area contributed by atoms with Crippen molar-refractivity contribution in [2.45, 2.75) is 31.4 Å². The number of aliphatic hydroxyl groups is 1. The fraction of sp³-hybridized carbons (Fsp3) is 0.857. The third-order valence-electron chi connectivity index (χ3n) is 2.35. The molecule has 0 heterocycles. The number of hydrogen-bond acceptors (Lipinski definition) is 3. The first-order valence-corrected chi connectivity index (χ1v) is 3.52. The predicted molar refractivity (Wildman–Crippen MR) is 37.7 cm³/mol. The Bertz CT molecular complexity index is 156. The molecule has 0 aliphatic heterocycles. The third kappa shape index (κ3) is 0.859. The number of carbonyl (C=O) groups is 1. The van der Waals surface area contributed by atoms with E-state index in [1.54, 1.807) is 7.05 Å². The average Bonchev–Trinajstić information content (AvgIpc) is 1.85. The van der Waals surface area contributed by atoms with Crippen LogP contribution in [0.4, 0.5) is 0 Å². The first-order valence-electron chi connectivity index (χ1n) is 3.52. The van der Waals surface area contributed by atoms with Gasteiger partial charge < -0.3 is 10.4 Å². The van der Waals surface area contributed by atoms with Gasteiger partial charge in [-0.3, -0.25) is 4.79 Å². The molecular formula is C7H13NO2. The highest BCUT2D eigenvalue weighted by molar-refractivity contribution is 5.86. The first-order chi connectivity index (χ1) is 4.61. The molecule has 0 aromatic carbocycles. The molecule has 3 nitrogen and oxygen atoms in total. The molecule has 1 saturated carbocycles. The second-order valence-electron chi connectivity index (χ2n) is 2.86. The second-order valence-corrected chi connectivity index (χ2v) is 2.86. The van der Waals surface area contributed by atoms with E-state index in [-0.39, 0.29) is 11.8 Å². The number of rotatable bonds is 2. The molecule has 0 aromatic heterocycles. The summed E-state index contributed by atoms with van der Waals surface area (Å²) < 4.78 is 0. The molecule has 1 fully saturated rings. The van der Waals surface area contributed by atoms with Crippen LogP contribution in [0, 0.1) is 0 Å². The second kappa shape index (κ2) is 2.32. The molecule has 0 spiro atoms. The van der Waals surface area contributed by atoms with E-state index in [0.717, 1.165) is 6.42 Å². The largest absolute Gasteiger partial charge is 0.380 e. The number of Topliss-reactive ketones (excluding diaryl/α,β-unsaturated/α-hetero) is 1. The van der Waals surface area contributed by atoms with Gasteiger partial charge in [0.2, 0.25) is 0 Å². The van der Waals surface area contributed by atoms with Crippen molar-refractivity contribution in [2.75, 3.05) is 7.05 Å². The minimum Gasteiger partial charge on any atom is -0.380 e.